The van der Waals surface area contributed by atoms with Crippen LogP contribution in [-0.4, -0.2) is 30.5 Å². The predicted molar refractivity (Wildman–Crippen MR) is 47.6 cm³/mol. The molecule has 2 aliphatic rings. The molecule has 1 saturated carbocycles. The Hall–Kier alpha value is -0.610. The van der Waals surface area contributed by atoms with E-state index in [0.717, 1.165) is 32.4 Å². The Morgan fingerprint density at radius 2 is 2.23 bits per heavy atom. The van der Waals surface area contributed by atoms with Crippen molar-refractivity contribution in [3.63, 3.8) is 0 Å². The third-order valence-corrected chi connectivity index (χ3v) is 2.86. The second-order valence-corrected chi connectivity index (χ2v) is 4.05. The Morgan fingerprint density at radius 3 is 2.85 bits per heavy atom. The molecule has 2 fully saturated rings. The maximum Gasteiger partial charge on any atom is 0.225 e. The average Bonchev–Trinajstić information content (AvgIpc) is 2.87. The lowest BCUT2D eigenvalue weighted by atomic mass is 10.1. The summed E-state index contributed by atoms with van der Waals surface area (Å²) < 4.78 is 0. The van der Waals surface area contributed by atoms with Crippen LogP contribution in [0.5, 0.6) is 0 Å². The normalized spacial score (nSPS) is 28.1. The van der Waals surface area contributed by atoms with E-state index < -0.39 is 0 Å². The highest BCUT2D eigenvalue weighted by Gasteiger charge is 2.36. The van der Waals surface area contributed by atoms with Gasteiger partial charge in [0.05, 0.1) is 6.61 Å². The molecule has 1 saturated heterocycles. The molecule has 0 aromatic carbocycles. The second kappa shape index (κ2) is 3.64. The van der Waals surface area contributed by atoms with E-state index in [1.54, 1.807) is 0 Å². The van der Waals surface area contributed by atoms with Crippen LogP contribution in [0.25, 0.3) is 0 Å². The highest BCUT2D eigenvalue weighted by Crippen LogP contribution is 2.32. The molecule has 1 aliphatic carbocycles. The second-order valence-electron chi connectivity index (χ2n) is 4.05. The van der Waals surface area contributed by atoms with Gasteiger partial charge in [0.1, 0.15) is 0 Å². The van der Waals surface area contributed by atoms with Crippen molar-refractivity contribution in [1.29, 1.82) is 0 Å². The van der Waals surface area contributed by atoms with Gasteiger partial charge in [-0.3, -0.25) is 4.79 Å². The topological polar surface area (TPSA) is 55.6 Å². The number of hydrogen-bond donors (Lipinski definition) is 1. The van der Waals surface area contributed by atoms with E-state index in [1.165, 1.54) is 0 Å². The number of amides is 1. The summed E-state index contributed by atoms with van der Waals surface area (Å²) in [4.78, 5) is 18.2. The number of likely N-dealkylation sites (tertiary alicyclic amines) is 1. The lowest BCUT2D eigenvalue weighted by molar-refractivity contribution is -0.131. The molecule has 1 heterocycles. The molecule has 2 N–H and O–H groups in total. The third-order valence-electron chi connectivity index (χ3n) is 2.86. The Bertz CT molecular complexity index is 204. The minimum absolute atomic E-state index is 0.345. The standard InChI is InChI=1S/C9H16N2O2/c10-13-6-7-3-4-11(5-7)9(12)8-1-2-8/h7-8H,1-6,10H2. The molecule has 4 heteroatoms. The Labute approximate surface area is 78.0 Å². The summed E-state index contributed by atoms with van der Waals surface area (Å²) in [6.45, 7) is 2.31. The summed E-state index contributed by atoms with van der Waals surface area (Å²) in [6.07, 6.45) is 3.22. The fourth-order valence-electron chi connectivity index (χ4n) is 1.89. The van der Waals surface area contributed by atoms with Crippen LogP contribution in [0.4, 0.5) is 0 Å². The summed E-state index contributed by atoms with van der Waals surface area (Å²) in [5.74, 6) is 6.14. The number of carbonyl (C=O) groups excluding carboxylic acids is 1. The van der Waals surface area contributed by atoms with Gasteiger partial charge in [-0.2, -0.15) is 0 Å². The molecule has 4 nitrogen and oxygen atoms in total. The zero-order valence-corrected chi connectivity index (χ0v) is 7.74. The fraction of sp³-hybridized carbons (Fsp3) is 0.889. The minimum atomic E-state index is 0.345. The van der Waals surface area contributed by atoms with Gasteiger partial charge in [0.15, 0.2) is 0 Å². The van der Waals surface area contributed by atoms with Crippen molar-refractivity contribution < 1.29 is 9.63 Å². The number of hydrogen-bond acceptors (Lipinski definition) is 3. The van der Waals surface area contributed by atoms with Gasteiger partial charge in [0.2, 0.25) is 5.91 Å². The summed E-state index contributed by atoms with van der Waals surface area (Å²) >= 11 is 0. The van der Waals surface area contributed by atoms with Crippen molar-refractivity contribution >= 4 is 5.91 Å². The Balaban J connectivity index is 1.79. The van der Waals surface area contributed by atoms with Gasteiger partial charge in [0.25, 0.3) is 0 Å². The van der Waals surface area contributed by atoms with Crippen LogP contribution in [0.15, 0.2) is 0 Å². The SMILES string of the molecule is NOCC1CCN(C(=O)C2CC2)C1. The average molecular weight is 184 g/mol. The van der Waals surface area contributed by atoms with E-state index in [0.29, 0.717) is 24.3 Å². The van der Waals surface area contributed by atoms with Gasteiger partial charge >= 0.3 is 0 Å². The number of rotatable bonds is 3. The molecule has 13 heavy (non-hydrogen) atoms. The third kappa shape index (κ3) is 2.00. The lowest BCUT2D eigenvalue weighted by Crippen LogP contribution is -2.30. The lowest BCUT2D eigenvalue weighted by Gasteiger charge is -2.15. The molecule has 0 aromatic rings. The Kier molecular flexibility index (Phi) is 2.51. The van der Waals surface area contributed by atoms with E-state index in [9.17, 15) is 4.79 Å². The van der Waals surface area contributed by atoms with Crippen LogP contribution in [0, 0.1) is 11.8 Å². The first-order chi connectivity index (χ1) is 6.31. The first-order valence-electron chi connectivity index (χ1n) is 4.91. The van der Waals surface area contributed by atoms with Gasteiger partial charge in [-0.05, 0) is 19.3 Å². The summed E-state index contributed by atoms with van der Waals surface area (Å²) in [5.41, 5.74) is 0. The van der Waals surface area contributed by atoms with Crippen molar-refractivity contribution in [2.45, 2.75) is 19.3 Å². The largest absolute Gasteiger partial charge is 0.342 e. The van der Waals surface area contributed by atoms with Crippen molar-refractivity contribution in [3.05, 3.63) is 0 Å². The summed E-state index contributed by atoms with van der Waals surface area (Å²) in [7, 11) is 0. The molecule has 0 bridgehead atoms. The van der Waals surface area contributed by atoms with Crippen LogP contribution >= 0.6 is 0 Å². The molecule has 1 aliphatic heterocycles. The van der Waals surface area contributed by atoms with E-state index >= 15 is 0 Å². The van der Waals surface area contributed by atoms with Crippen molar-refractivity contribution in [3.8, 4) is 0 Å². The summed E-state index contributed by atoms with van der Waals surface area (Å²) in [6, 6.07) is 0. The maximum atomic E-state index is 11.6. The molecular weight excluding hydrogens is 168 g/mol. The van der Waals surface area contributed by atoms with Gasteiger partial charge in [0, 0.05) is 24.9 Å². The van der Waals surface area contributed by atoms with Crippen LogP contribution < -0.4 is 5.90 Å². The zero-order chi connectivity index (χ0) is 9.26. The molecule has 2 rings (SSSR count). The molecule has 1 unspecified atom stereocenters. The van der Waals surface area contributed by atoms with Crippen molar-refractivity contribution in [1.82, 2.24) is 4.90 Å². The van der Waals surface area contributed by atoms with Gasteiger partial charge < -0.3 is 9.74 Å². The highest BCUT2D eigenvalue weighted by molar-refractivity contribution is 5.81. The van der Waals surface area contributed by atoms with E-state index in [2.05, 4.69) is 4.84 Å². The van der Waals surface area contributed by atoms with Crippen molar-refractivity contribution in [2.24, 2.45) is 17.7 Å². The quantitative estimate of drug-likeness (QED) is 0.634. The van der Waals surface area contributed by atoms with Crippen LogP contribution in [-0.2, 0) is 9.63 Å². The summed E-state index contributed by atoms with van der Waals surface area (Å²) in [5, 5.41) is 0. The highest BCUT2D eigenvalue weighted by atomic mass is 16.6. The maximum absolute atomic E-state index is 11.6. The number of nitrogens with zero attached hydrogens (tertiary/aromatic N) is 1. The van der Waals surface area contributed by atoms with Crippen molar-refractivity contribution in [2.75, 3.05) is 19.7 Å². The van der Waals surface area contributed by atoms with Crippen LogP contribution in [0.1, 0.15) is 19.3 Å². The molecule has 0 aromatic heterocycles. The zero-order valence-electron chi connectivity index (χ0n) is 7.74. The molecule has 0 radical (unpaired) electrons. The van der Waals surface area contributed by atoms with E-state index in [4.69, 9.17) is 5.90 Å². The van der Waals surface area contributed by atoms with E-state index in [-0.39, 0.29) is 0 Å². The van der Waals surface area contributed by atoms with Crippen LogP contribution in [0.2, 0.25) is 0 Å². The molecular formula is C9H16N2O2. The van der Waals surface area contributed by atoms with Crippen LogP contribution in [0.3, 0.4) is 0 Å². The number of nitrogens with two attached hydrogens (primary N) is 1. The monoisotopic (exact) mass is 184 g/mol. The van der Waals surface area contributed by atoms with Gasteiger partial charge in [-0.15, -0.1) is 0 Å². The number of carbonyl (C=O) groups is 1. The minimum Gasteiger partial charge on any atom is -0.342 e. The van der Waals surface area contributed by atoms with Gasteiger partial charge in [-0.25, -0.2) is 5.90 Å². The molecule has 1 amide bonds. The Morgan fingerprint density at radius 1 is 1.46 bits per heavy atom. The fourth-order valence-corrected chi connectivity index (χ4v) is 1.89. The smallest absolute Gasteiger partial charge is 0.225 e. The molecule has 74 valence electrons. The predicted octanol–water partition coefficient (Wildman–Crippen LogP) is 0.135. The van der Waals surface area contributed by atoms with Gasteiger partial charge in [-0.1, -0.05) is 0 Å². The first kappa shape index (κ1) is 8.97. The first-order valence-corrected chi connectivity index (χ1v) is 4.91. The molecule has 1 atom stereocenters. The van der Waals surface area contributed by atoms with E-state index in [1.807, 2.05) is 4.90 Å². The molecule has 0 spiro atoms.